The summed E-state index contributed by atoms with van der Waals surface area (Å²) in [5.74, 6) is 0.545. The van der Waals surface area contributed by atoms with Gasteiger partial charge in [0.2, 0.25) is 5.79 Å². The number of piperazine rings is 1. The molecular weight excluding hydrogens is 589 g/mol. The first-order valence-corrected chi connectivity index (χ1v) is 15.2. The van der Waals surface area contributed by atoms with Crippen LogP contribution in [0.3, 0.4) is 0 Å². The highest BCUT2D eigenvalue weighted by Gasteiger charge is 2.45. The number of nitrogens with zero attached hydrogens (tertiary/aromatic N) is 5. The van der Waals surface area contributed by atoms with Gasteiger partial charge in [0.25, 0.3) is 0 Å². The maximum absolute atomic E-state index is 6.57. The maximum atomic E-state index is 6.57. The average Bonchev–Trinajstić information content (AvgIpc) is 3.70. The number of hydrogen-bond acceptors (Lipinski definition) is 8. The zero-order chi connectivity index (χ0) is 29.6. The first kappa shape index (κ1) is 29.7. The van der Waals surface area contributed by atoms with Crippen molar-refractivity contribution < 1.29 is 18.9 Å². The van der Waals surface area contributed by atoms with Crippen molar-refractivity contribution in [2.75, 3.05) is 57.9 Å². The Hall–Kier alpha value is -3.34. The van der Waals surface area contributed by atoms with Crippen molar-refractivity contribution in [3.63, 3.8) is 0 Å². The summed E-state index contributed by atoms with van der Waals surface area (Å²) in [6, 6.07) is 21.9. The van der Waals surface area contributed by atoms with Crippen molar-refractivity contribution in [2.24, 2.45) is 0 Å². The molecule has 2 fully saturated rings. The standard InChI is InChI=1S/C32H35Cl2N5O4/c1-40-27-7-2-24(3-8-27)12-13-37-14-16-38(17-15-37)26-5-9-28(10-6-26)41-19-29-20-42-32(43-29,21-39-23-35-22-36-39)30-11-4-25(33)18-31(30)34/h2-11,18,22-23,29H,12-17,19-21H2,1H3/t29-,32-/m1/s1. The predicted molar refractivity (Wildman–Crippen MR) is 166 cm³/mol. The molecule has 3 heterocycles. The zero-order valence-corrected chi connectivity index (χ0v) is 25.6. The average molecular weight is 625 g/mol. The topological polar surface area (TPSA) is 74.1 Å². The van der Waals surface area contributed by atoms with Gasteiger partial charge < -0.3 is 23.8 Å². The van der Waals surface area contributed by atoms with Gasteiger partial charge in [-0.25, -0.2) is 9.67 Å². The fraction of sp³-hybridized carbons (Fsp3) is 0.375. The molecule has 1 aromatic heterocycles. The molecule has 0 amide bonds. The Morgan fingerprint density at radius 2 is 1.72 bits per heavy atom. The van der Waals surface area contributed by atoms with Crippen LogP contribution in [0.2, 0.25) is 10.0 Å². The molecule has 4 aromatic rings. The van der Waals surface area contributed by atoms with Crippen molar-refractivity contribution in [2.45, 2.75) is 24.9 Å². The lowest BCUT2D eigenvalue weighted by atomic mass is 10.1. The van der Waals surface area contributed by atoms with Crippen LogP contribution in [0.15, 0.2) is 79.4 Å². The van der Waals surface area contributed by atoms with E-state index in [1.54, 1.807) is 30.3 Å². The van der Waals surface area contributed by atoms with Gasteiger partial charge in [-0.1, -0.05) is 41.4 Å². The molecule has 0 N–H and O–H groups in total. The van der Waals surface area contributed by atoms with Crippen LogP contribution in [0.25, 0.3) is 0 Å². The highest BCUT2D eigenvalue weighted by Crippen LogP contribution is 2.40. The van der Waals surface area contributed by atoms with E-state index in [4.69, 9.17) is 42.1 Å². The molecule has 0 aliphatic carbocycles. The molecular formula is C32H35Cl2N5O4. The molecule has 0 bridgehead atoms. The Morgan fingerprint density at radius 3 is 2.42 bits per heavy atom. The minimum Gasteiger partial charge on any atom is -0.497 e. The molecule has 0 saturated carbocycles. The molecule has 3 aromatic carbocycles. The van der Waals surface area contributed by atoms with Gasteiger partial charge in [0, 0.05) is 49.0 Å². The van der Waals surface area contributed by atoms with Gasteiger partial charge in [0.05, 0.1) is 18.7 Å². The monoisotopic (exact) mass is 623 g/mol. The van der Waals surface area contributed by atoms with E-state index in [1.807, 2.05) is 30.3 Å². The normalized spacial score (nSPS) is 20.8. The molecule has 2 aliphatic heterocycles. The third kappa shape index (κ3) is 7.25. The highest BCUT2D eigenvalue weighted by atomic mass is 35.5. The summed E-state index contributed by atoms with van der Waals surface area (Å²) in [5.41, 5.74) is 3.22. The molecule has 2 aliphatic rings. The lowest BCUT2D eigenvalue weighted by Gasteiger charge is -2.36. The summed E-state index contributed by atoms with van der Waals surface area (Å²) in [4.78, 5) is 9.00. The van der Waals surface area contributed by atoms with Crippen molar-refractivity contribution in [3.05, 3.63) is 101 Å². The van der Waals surface area contributed by atoms with Crippen LogP contribution in [-0.4, -0.2) is 78.8 Å². The van der Waals surface area contributed by atoms with Crippen LogP contribution in [0.1, 0.15) is 11.1 Å². The number of aromatic nitrogens is 3. The Balaban J connectivity index is 0.996. The molecule has 11 heteroatoms. The number of ether oxygens (including phenoxy) is 4. The van der Waals surface area contributed by atoms with E-state index in [0.29, 0.717) is 28.8 Å². The van der Waals surface area contributed by atoms with E-state index in [9.17, 15) is 0 Å². The SMILES string of the molecule is COc1ccc(CCN2CCN(c3ccc(OC[C@@H]4CO[C@@](Cn5cncn5)(c5ccc(Cl)cc5Cl)O4)cc3)CC2)cc1. The van der Waals surface area contributed by atoms with Gasteiger partial charge in [0.1, 0.15) is 43.4 Å². The van der Waals surface area contributed by atoms with Crippen molar-refractivity contribution in [1.29, 1.82) is 0 Å². The van der Waals surface area contributed by atoms with Gasteiger partial charge in [-0.15, -0.1) is 0 Å². The Kier molecular flexibility index (Phi) is 9.35. The summed E-state index contributed by atoms with van der Waals surface area (Å²) in [7, 11) is 1.70. The minimum absolute atomic E-state index is 0.286. The molecule has 0 radical (unpaired) electrons. The molecule has 9 nitrogen and oxygen atoms in total. The number of hydrogen-bond donors (Lipinski definition) is 0. The van der Waals surface area contributed by atoms with Crippen molar-refractivity contribution in [1.82, 2.24) is 19.7 Å². The molecule has 0 unspecified atom stereocenters. The second kappa shape index (κ2) is 13.5. The lowest BCUT2D eigenvalue weighted by molar-refractivity contribution is -0.190. The second-order valence-corrected chi connectivity index (χ2v) is 11.6. The lowest BCUT2D eigenvalue weighted by Crippen LogP contribution is -2.46. The smallest absolute Gasteiger partial charge is 0.217 e. The summed E-state index contributed by atoms with van der Waals surface area (Å²) in [6.07, 6.45) is 3.83. The van der Waals surface area contributed by atoms with Crippen LogP contribution in [0, 0.1) is 0 Å². The molecule has 2 atom stereocenters. The van der Waals surface area contributed by atoms with Crippen LogP contribution in [0.5, 0.6) is 11.5 Å². The van der Waals surface area contributed by atoms with Gasteiger partial charge in [-0.3, -0.25) is 4.90 Å². The van der Waals surface area contributed by atoms with Gasteiger partial charge >= 0.3 is 0 Å². The van der Waals surface area contributed by atoms with Crippen LogP contribution in [-0.2, 0) is 28.2 Å². The largest absolute Gasteiger partial charge is 0.497 e. The summed E-state index contributed by atoms with van der Waals surface area (Å²) < 4.78 is 25.7. The highest BCUT2D eigenvalue weighted by molar-refractivity contribution is 6.35. The van der Waals surface area contributed by atoms with Crippen LogP contribution in [0.4, 0.5) is 5.69 Å². The summed E-state index contributed by atoms with van der Waals surface area (Å²) >= 11 is 12.7. The summed E-state index contributed by atoms with van der Waals surface area (Å²) in [5, 5.41) is 5.23. The van der Waals surface area contributed by atoms with E-state index >= 15 is 0 Å². The Morgan fingerprint density at radius 1 is 0.953 bits per heavy atom. The fourth-order valence-corrected chi connectivity index (χ4v) is 6.09. The third-order valence-electron chi connectivity index (χ3n) is 7.92. The van der Waals surface area contributed by atoms with Crippen molar-refractivity contribution in [3.8, 4) is 11.5 Å². The fourth-order valence-electron chi connectivity index (χ4n) is 5.53. The molecule has 43 heavy (non-hydrogen) atoms. The number of anilines is 1. The summed E-state index contributed by atoms with van der Waals surface area (Å²) in [6.45, 7) is 6.10. The number of rotatable bonds is 11. The maximum Gasteiger partial charge on any atom is 0.217 e. The van der Waals surface area contributed by atoms with Gasteiger partial charge in [0.15, 0.2) is 0 Å². The van der Waals surface area contributed by atoms with E-state index in [-0.39, 0.29) is 12.6 Å². The Labute approximate surface area is 261 Å². The predicted octanol–water partition coefficient (Wildman–Crippen LogP) is 5.31. The molecule has 6 rings (SSSR count). The van der Waals surface area contributed by atoms with E-state index in [0.717, 1.165) is 50.6 Å². The number of halogens is 2. The van der Waals surface area contributed by atoms with Crippen molar-refractivity contribution >= 4 is 28.9 Å². The molecule has 226 valence electrons. The molecule has 0 spiro atoms. The quantitative estimate of drug-likeness (QED) is 0.223. The van der Waals surface area contributed by atoms with Gasteiger partial charge in [-0.2, -0.15) is 5.10 Å². The molecule has 2 saturated heterocycles. The number of benzene rings is 3. The zero-order valence-electron chi connectivity index (χ0n) is 24.1. The van der Waals surface area contributed by atoms with Gasteiger partial charge in [-0.05, 0) is 60.5 Å². The third-order valence-corrected chi connectivity index (χ3v) is 8.47. The Bertz CT molecular complexity index is 1460. The van der Waals surface area contributed by atoms with E-state index in [1.165, 1.54) is 17.6 Å². The first-order valence-electron chi connectivity index (χ1n) is 14.4. The van der Waals surface area contributed by atoms with Crippen LogP contribution < -0.4 is 14.4 Å². The van der Waals surface area contributed by atoms with E-state index in [2.05, 4.69) is 44.1 Å². The first-order chi connectivity index (χ1) is 21.0. The minimum atomic E-state index is -1.13. The number of methoxy groups -OCH3 is 1. The van der Waals surface area contributed by atoms with Crippen LogP contribution >= 0.6 is 23.2 Å². The second-order valence-electron chi connectivity index (χ2n) is 10.8. The van der Waals surface area contributed by atoms with E-state index < -0.39 is 5.79 Å².